The largest absolute Gasteiger partial charge is 0.444 e. The zero-order chi connectivity index (χ0) is 22.1. The van der Waals surface area contributed by atoms with E-state index >= 15 is 0 Å². The van der Waals surface area contributed by atoms with E-state index in [4.69, 9.17) is 14.7 Å². The highest BCUT2D eigenvalue weighted by atomic mass is 16.6. The Morgan fingerprint density at radius 3 is 2.37 bits per heavy atom. The van der Waals surface area contributed by atoms with E-state index in [1.165, 1.54) is 0 Å². The van der Waals surface area contributed by atoms with E-state index in [2.05, 4.69) is 32.2 Å². The van der Waals surface area contributed by atoms with Crippen LogP contribution in [0.2, 0.25) is 0 Å². The van der Waals surface area contributed by atoms with E-state index < -0.39 is 5.60 Å². The molecule has 2 rings (SSSR count). The van der Waals surface area contributed by atoms with Crippen LogP contribution in [0.4, 0.5) is 4.79 Å². The molecule has 1 aromatic carbocycles. The van der Waals surface area contributed by atoms with Gasteiger partial charge < -0.3 is 10.1 Å². The molecule has 1 amide bonds. The van der Waals surface area contributed by atoms with Crippen LogP contribution in [0.15, 0.2) is 36.4 Å². The number of nitrogens with zero attached hydrogens (tertiary/aromatic N) is 2. The second kappa shape index (κ2) is 11.1. The van der Waals surface area contributed by atoms with Crippen molar-refractivity contribution >= 4 is 6.09 Å². The number of rotatable bonds is 9. The Bertz CT molecular complexity index is 800. The maximum absolute atomic E-state index is 12.4. The number of aryl methyl sites for hydroxylation is 1. The van der Waals surface area contributed by atoms with Crippen LogP contribution in [-0.2, 0) is 17.6 Å². The minimum Gasteiger partial charge on any atom is -0.444 e. The number of ether oxygens (including phenoxy) is 1. The van der Waals surface area contributed by atoms with E-state index in [9.17, 15) is 4.79 Å². The normalized spacial score (nSPS) is 13.5. The number of hydrogen-bond donors (Lipinski definition) is 1. The number of alkyl carbamates (subject to hydrolysis) is 1. The van der Waals surface area contributed by atoms with E-state index in [0.717, 1.165) is 48.5 Å². The lowest BCUT2D eigenvalue weighted by molar-refractivity contribution is 0.0487. The number of amides is 1. The van der Waals surface area contributed by atoms with Gasteiger partial charge in [-0.1, -0.05) is 63.9 Å². The van der Waals surface area contributed by atoms with Gasteiger partial charge in [-0.2, -0.15) is 0 Å². The van der Waals surface area contributed by atoms with E-state index in [-0.39, 0.29) is 12.1 Å². The minimum atomic E-state index is -0.521. The fourth-order valence-electron chi connectivity index (χ4n) is 3.22. The summed E-state index contributed by atoms with van der Waals surface area (Å²) in [6.45, 7) is 12.1. The van der Waals surface area contributed by atoms with Gasteiger partial charge in [-0.15, -0.1) is 0 Å². The van der Waals surface area contributed by atoms with Crippen LogP contribution in [0.3, 0.4) is 0 Å². The smallest absolute Gasteiger partial charge is 0.407 e. The quantitative estimate of drug-likeness (QED) is 0.552. The summed E-state index contributed by atoms with van der Waals surface area (Å²) in [5.74, 6) is 1.05. The molecule has 0 spiro atoms. The molecule has 5 heteroatoms. The Hall–Kier alpha value is -2.43. The molecule has 30 heavy (non-hydrogen) atoms. The van der Waals surface area contributed by atoms with Crippen molar-refractivity contribution in [3.63, 3.8) is 0 Å². The van der Waals surface area contributed by atoms with Gasteiger partial charge >= 0.3 is 6.09 Å². The van der Waals surface area contributed by atoms with Crippen molar-refractivity contribution in [1.29, 1.82) is 0 Å². The van der Waals surface area contributed by atoms with Gasteiger partial charge in [0.25, 0.3) is 0 Å². The van der Waals surface area contributed by atoms with Gasteiger partial charge in [0.15, 0.2) is 5.82 Å². The molecule has 0 unspecified atom stereocenters. The standard InChI is InChI=1S/C25H37N3O2/c1-7-9-15-20-16-21(27-23(26-20)19-13-11-10-12-14-19)17-22(18(3)8-2)28-24(29)30-25(4,5)6/h10-14,16,18,22H,7-9,15,17H2,1-6H3,(H,28,29)/t18-,22+/m0/s1. The van der Waals surface area contributed by atoms with Crippen molar-refractivity contribution in [2.24, 2.45) is 5.92 Å². The Balaban J connectivity index is 2.29. The van der Waals surface area contributed by atoms with Gasteiger partial charge in [0, 0.05) is 29.4 Å². The molecule has 0 aliphatic heterocycles. The minimum absolute atomic E-state index is 0.0533. The second-order valence-electron chi connectivity index (χ2n) is 8.99. The van der Waals surface area contributed by atoms with Crippen molar-refractivity contribution in [1.82, 2.24) is 15.3 Å². The van der Waals surface area contributed by atoms with E-state index in [1.807, 2.05) is 51.1 Å². The molecule has 0 saturated carbocycles. The first-order valence-corrected chi connectivity index (χ1v) is 11.1. The monoisotopic (exact) mass is 411 g/mol. The Morgan fingerprint density at radius 1 is 1.10 bits per heavy atom. The summed E-state index contributed by atoms with van der Waals surface area (Å²) in [5, 5.41) is 3.07. The molecule has 2 aromatic rings. The number of aromatic nitrogens is 2. The molecule has 0 bridgehead atoms. The van der Waals surface area contributed by atoms with Crippen molar-refractivity contribution < 1.29 is 9.53 Å². The number of hydrogen-bond acceptors (Lipinski definition) is 4. The van der Waals surface area contributed by atoms with Crippen molar-refractivity contribution in [3.8, 4) is 11.4 Å². The molecule has 2 atom stereocenters. The van der Waals surface area contributed by atoms with Gasteiger partial charge in [-0.05, 0) is 45.6 Å². The highest BCUT2D eigenvalue weighted by Crippen LogP contribution is 2.20. The van der Waals surface area contributed by atoms with E-state index in [0.29, 0.717) is 12.3 Å². The maximum atomic E-state index is 12.4. The lowest BCUT2D eigenvalue weighted by Gasteiger charge is -2.27. The highest BCUT2D eigenvalue weighted by molar-refractivity contribution is 5.68. The number of carbonyl (C=O) groups excluding carboxylic acids is 1. The molecule has 164 valence electrons. The van der Waals surface area contributed by atoms with Crippen LogP contribution in [0, 0.1) is 5.92 Å². The second-order valence-corrected chi connectivity index (χ2v) is 8.99. The number of carbonyl (C=O) groups is 1. The van der Waals surface area contributed by atoms with Crippen LogP contribution >= 0.6 is 0 Å². The summed E-state index contributed by atoms with van der Waals surface area (Å²) >= 11 is 0. The third kappa shape index (κ3) is 7.77. The Labute approximate surface area is 181 Å². The lowest BCUT2D eigenvalue weighted by Crippen LogP contribution is -2.43. The molecular formula is C25H37N3O2. The number of benzene rings is 1. The van der Waals surface area contributed by atoms with Crippen LogP contribution in [0.25, 0.3) is 11.4 Å². The molecule has 1 heterocycles. The first-order valence-electron chi connectivity index (χ1n) is 11.1. The SMILES string of the molecule is CCCCc1cc(C[C@@H](NC(=O)OC(C)(C)C)[C@@H](C)CC)nc(-c2ccccc2)n1. The number of unbranched alkanes of at least 4 members (excludes halogenated alkanes) is 1. The topological polar surface area (TPSA) is 64.1 Å². The highest BCUT2D eigenvalue weighted by Gasteiger charge is 2.24. The van der Waals surface area contributed by atoms with Crippen LogP contribution < -0.4 is 5.32 Å². The Morgan fingerprint density at radius 2 is 1.77 bits per heavy atom. The van der Waals surface area contributed by atoms with Gasteiger partial charge in [0.1, 0.15) is 5.60 Å². The molecular weight excluding hydrogens is 374 g/mol. The summed E-state index contributed by atoms with van der Waals surface area (Å²) in [5.41, 5.74) is 2.50. The number of nitrogens with one attached hydrogen (secondary N) is 1. The third-order valence-corrected chi connectivity index (χ3v) is 5.11. The summed E-state index contributed by atoms with van der Waals surface area (Å²) < 4.78 is 5.49. The van der Waals surface area contributed by atoms with Crippen molar-refractivity contribution in [2.75, 3.05) is 0 Å². The van der Waals surface area contributed by atoms with Crippen LogP contribution in [-0.4, -0.2) is 27.7 Å². The van der Waals surface area contributed by atoms with Gasteiger partial charge in [0.05, 0.1) is 0 Å². The first-order chi connectivity index (χ1) is 14.2. The molecule has 0 radical (unpaired) electrons. The average molecular weight is 412 g/mol. The molecule has 0 aliphatic carbocycles. The maximum Gasteiger partial charge on any atom is 0.407 e. The zero-order valence-corrected chi connectivity index (χ0v) is 19.4. The lowest BCUT2D eigenvalue weighted by atomic mass is 9.94. The molecule has 1 aromatic heterocycles. The zero-order valence-electron chi connectivity index (χ0n) is 19.4. The predicted octanol–water partition coefficient (Wildman–Crippen LogP) is 5.97. The molecule has 1 N–H and O–H groups in total. The van der Waals surface area contributed by atoms with Crippen LogP contribution in [0.5, 0.6) is 0 Å². The average Bonchev–Trinajstić information content (AvgIpc) is 2.70. The third-order valence-electron chi connectivity index (χ3n) is 5.11. The fourth-order valence-corrected chi connectivity index (χ4v) is 3.22. The first kappa shape index (κ1) is 23.8. The summed E-state index contributed by atoms with van der Waals surface area (Å²) in [6, 6.07) is 12.1. The molecule has 0 aliphatic rings. The van der Waals surface area contributed by atoms with Crippen LogP contribution in [0.1, 0.15) is 72.2 Å². The fraction of sp³-hybridized carbons (Fsp3) is 0.560. The van der Waals surface area contributed by atoms with Crippen molar-refractivity contribution in [2.45, 2.75) is 85.3 Å². The summed E-state index contributed by atoms with van der Waals surface area (Å²) in [4.78, 5) is 22.1. The predicted molar refractivity (Wildman–Crippen MR) is 122 cm³/mol. The van der Waals surface area contributed by atoms with Gasteiger partial charge in [-0.25, -0.2) is 14.8 Å². The van der Waals surface area contributed by atoms with Gasteiger partial charge in [0.2, 0.25) is 0 Å². The molecule has 0 fully saturated rings. The molecule has 5 nitrogen and oxygen atoms in total. The van der Waals surface area contributed by atoms with Crippen molar-refractivity contribution in [3.05, 3.63) is 47.8 Å². The molecule has 0 saturated heterocycles. The Kier molecular flexibility index (Phi) is 8.82. The van der Waals surface area contributed by atoms with E-state index in [1.54, 1.807) is 0 Å². The summed E-state index contributed by atoms with van der Waals surface area (Å²) in [7, 11) is 0. The summed E-state index contributed by atoms with van der Waals surface area (Å²) in [6.07, 6.45) is 4.37. The van der Waals surface area contributed by atoms with Gasteiger partial charge in [-0.3, -0.25) is 0 Å².